The third-order valence-corrected chi connectivity index (χ3v) is 13.3. The highest BCUT2D eigenvalue weighted by Gasteiger charge is 2.46. The fourth-order valence-corrected chi connectivity index (χ4v) is 10.6. The standard InChI is InChI=1S/C61H39NO2/c1-5-17-40(18-6-1)41-29-31-42(32-30-41)51-37-47(38-52-59-57(64-60(51)52)36-35-56-58(59)50-26-14-16-28-55(50)63-56)62(45-23-11-4-12-24-45)46-33-34-49-48-25-13-15-27-53(48)61(54(49)39-46,43-19-7-2-8-20-43)44-21-9-3-10-22-44/h1-39H. The summed E-state index contributed by atoms with van der Waals surface area (Å²) in [6.07, 6.45) is 0. The lowest BCUT2D eigenvalue weighted by atomic mass is 9.67. The van der Waals surface area contributed by atoms with Crippen molar-refractivity contribution in [1.82, 2.24) is 0 Å². The highest BCUT2D eigenvalue weighted by Crippen LogP contribution is 2.57. The molecule has 2 heterocycles. The van der Waals surface area contributed by atoms with Gasteiger partial charge in [-0.15, -0.1) is 0 Å². The van der Waals surface area contributed by atoms with E-state index in [0.29, 0.717) is 0 Å². The normalized spacial score (nSPS) is 12.8. The zero-order valence-electron chi connectivity index (χ0n) is 34.8. The van der Waals surface area contributed by atoms with Crippen LogP contribution in [0.1, 0.15) is 22.3 Å². The van der Waals surface area contributed by atoms with Gasteiger partial charge in [0.2, 0.25) is 0 Å². The Kier molecular flexibility index (Phi) is 8.13. The number of benzene rings is 10. The van der Waals surface area contributed by atoms with Crippen LogP contribution in [0, 0.1) is 0 Å². The van der Waals surface area contributed by atoms with Crippen molar-refractivity contribution in [3.8, 4) is 33.4 Å². The topological polar surface area (TPSA) is 29.5 Å². The van der Waals surface area contributed by atoms with Gasteiger partial charge in [0.15, 0.2) is 0 Å². The first-order chi connectivity index (χ1) is 31.7. The van der Waals surface area contributed by atoms with Gasteiger partial charge in [-0.25, -0.2) is 0 Å². The molecule has 300 valence electrons. The van der Waals surface area contributed by atoms with Gasteiger partial charge < -0.3 is 13.7 Å². The maximum Gasteiger partial charge on any atom is 0.143 e. The van der Waals surface area contributed by atoms with Gasteiger partial charge in [0.25, 0.3) is 0 Å². The summed E-state index contributed by atoms with van der Waals surface area (Å²) in [5.74, 6) is 0. The second-order valence-corrected chi connectivity index (χ2v) is 16.8. The third-order valence-electron chi connectivity index (χ3n) is 13.3. The minimum absolute atomic E-state index is 0.545. The van der Waals surface area contributed by atoms with Crippen LogP contribution in [0.15, 0.2) is 245 Å². The lowest BCUT2D eigenvalue weighted by Gasteiger charge is -2.35. The van der Waals surface area contributed by atoms with E-state index in [1.807, 2.05) is 18.2 Å². The molecule has 0 radical (unpaired) electrons. The average molecular weight is 818 g/mol. The first kappa shape index (κ1) is 36.3. The van der Waals surface area contributed by atoms with Gasteiger partial charge in [-0.3, -0.25) is 0 Å². The van der Waals surface area contributed by atoms with E-state index in [1.54, 1.807) is 0 Å². The number of para-hydroxylation sites is 2. The molecule has 3 nitrogen and oxygen atoms in total. The molecule has 0 amide bonds. The van der Waals surface area contributed by atoms with Crippen molar-refractivity contribution < 1.29 is 8.83 Å². The van der Waals surface area contributed by atoms with E-state index in [9.17, 15) is 0 Å². The second kappa shape index (κ2) is 14.3. The Morgan fingerprint density at radius 1 is 0.312 bits per heavy atom. The van der Waals surface area contributed by atoms with Crippen LogP contribution in [0.4, 0.5) is 17.1 Å². The van der Waals surface area contributed by atoms with Gasteiger partial charge >= 0.3 is 0 Å². The fourth-order valence-electron chi connectivity index (χ4n) is 10.6. The lowest BCUT2D eigenvalue weighted by Crippen LogP contribution is -2.28. The number of hydrogen-bond donors (Lipinski definition) is 0. The average Bonchev–Trinajstić information content (AvgIpc) is 4.03. The summed E-state index contributed by atoms with van der Waals surface area (Å²) < 4.78 is 13.5. The number of hydrogen-bond acceptors (Lipinski definition) is 3. The molecule has 3 heteroatoms. The molecule has 0 unspecified atom stereocenters. The Morgan fingerprint density at radius 2 is 0.875 bits per heavy atom. The van der Waals surface area contributed by atoms with E-state index in [1.165, 1.54) is 44.5 Å². The molecule has 12 aromatic rings. The van der Waals surface area contributed by atoms with E-state index in [0.717, 1.165) is 72.1 Å². The second-order valence-electron chi connectivity index (χ2n) is 16.8. The summed E-state index contributed by atoms with van der Waals surface area (Å²) in [6.45, 7) is 0. The van der Waals surface area contributed by atoms with Crippen LogP contribution in [0.25, 0.3) is 77.3 Å². The molecular formula is C61H39NO2. The number of anilines is 3. The highest BCUT2D eigenvalue weighted by molar-refractivity contribution is 6.27. The first-order valence-electron chi connectivity index (χ1n) is 21.9. The van der Waals surface area contributed by atoms with E-state index in [-0.39, 0.29) is 0 Å². The molecule has 1 aliphatic rings. The quantitative estimate of drug-likeness (QED) is 0.160. The van der Waals surface area contributed by atoms with Crippen LogP contribution >= 0.6 is 0 Å². The Balaban J connectivity index is 1.10. The number of nitrogens with zero attached hydrogens (tertiary/aromatic N) is 1. The smallest absolute Gasteiger partial charge is 0.143 e. The van der Waals surface area contributed by atoms with Crippen molar-refractivity contribution in [1.29, 1.82) is 0 Å². The van der Waals surface area contributed by atoms with Crippen LogP contribution in [-0.4, -0.2) is 0 Å². The van der Waals surface area contributed by atoms with Gasteiger partial charge in [-0.1, -0.05) is 182 Å². The minimum atomic E-state index is -0.545. The number of fused-ring (bicyclic) bond motifs is 10. The van der Waals surface area contributed by atoms with E-state index in [4.69, 9.17) is 8.83 Å². The summed E-state index contributed by atoms with van der Waals surface area (Å²) in [7, 11) is 0. The molecule has 0 N–H and O–H groups in total. The van der Waals surface area contributed by atoms with Gasteiger partial charge in [0, 0.05) is 44.2 Å². The largest absolute Gasteiger partial charge is 0.456 e. The van der Waals surface area contributed by atoms with Gasteiger partial charge in [0.05, 0.1) is 5.41 Å². The molecule has 0 bridgehead atoms. The van der Waals surface area contributed by atoms with Crippen molar-refractivity contribution in [2.24, 2.45) is 0 Å². The summed E-state index contributed by atoms with van der Waals surface area (Å²) in [6, 6.07) is 85.3. The summed E-state index contributed by atoms with van der Waals surface area (Å²) in [5.41, 5.74) is 17.9. The Labute approximate surface area is 370 Å². The van der Waals surface area contributed by atoms with Crippen LogP contribution in [0.3, 0.4) is 0 Å². The Hall–Kier alpha value is -8.40. The van der Waals surface area contributed by atoms with E-state index < -0.39 is 5.41 Å². The lowest BCUT2D eigenvalue weighted by molar-refractivity contribution is 0.663. The molecule has 13 rings (SSSR count). The van der Waals surface area contributed by atoms with Gasteiger partial charge in [-0.2, -0.15) is 0 Å². The van der Waals surface area contributed by atoms with Crippen molar-refractivity contribution in [2.75, 3.05) is 4.90 Å². The number of furan rings is 2. The maximum absolute atomic E-state index is 6.99. The van der Waals surface area contributed by atoms with E-state index >= 15 is 0 Å². The molecule has 64 heavy (non-hydrogen) atoms. The van der Waals surface area contributed by atoms with Gasteiger partial charge in [-0.05, 0) is 105 Å². The predicted molar refractivity (Wildman–Crippen MR) is 264 cm³/mol. The van der Waals surface area contributed by atoms with Crippen LogP contribution in [-0.2, 0) is 5.41 Å². The van der Waals surface area contributed by atoms with Crippen molar-refractivity contribution in [3.63, 3.8) is 0 Å². The van der Waals surface area contributed by atoms with Crippen LogP contribution in [0.2, 0.25) is 0 Å². The van der Waals surface area contributed by atoms with Crippen LogP contribution < -0.4 is 4.90 Å². The number of rotatable bonds is 7. The third kappa shape index (κ3) is 5.41. The van der Waals surface area contributed by atoms with Crippen molar-refractivity contribution in [3.05, 3.63) is 259 Å². The SMILES string of the molecule is c1ccc(-c2ccc(-c3cc(N(c4ccccc4)c4ccc5c(c4)C(c4ccccc4)(c4ccccc4)c4ccccc4-5)cc4c3oc3ccc5oc6ccccc6c5c34)cc2)cc1. The molecule has 0 saturated heterocycles. The zero-order chi connectivity index (χ0) is 42.2. The molecule has 0 atom stereocenters. The molecular weight excluding hydrogens is 779 g/mol. The Morgan fingerprint density at radius 3 is 1.61 bits per heavy atom. The summed E-state index contributed by atoms with van der Waals surface area (Å²) in [4.78, 5) is 2.41. The van der Waals surface area contributed by atoms with Crippen LogP contribution in [0.5, 0.6) is 0 Å². The molecule has 0 spiro atoms. The first-order valence-corrected chi connectivity index (χ1v) is 21.9. The minimum Gasteiger partial charge on any atom is -0.456 e. The molecule has 0 saturated carbocycles. The monoisotopic (exact) mass is 817 g/mol. The zero-order valence-corrected chi connectivity index (χ0v) is 34.8. The fraction of sp³-hybridized carbons (Fsp3) is 0.0164. The van der Waals surface area contributed by atoms with Crippen molar-refractivity contribution in [2.45, 2.75) is 5.41 Å². The molecule has 0 aliphatic heterocycles. The van der Waals surface area contributed by atoms with E-state index in [2.05, 4.69) is 223 Å². The van der Waals surface area contributed by atoms with Crippen molar-refractivity contribution >= 4 is 60.9 Å². The Bertz CT molecular complexity index is 3660. The van der Waals surface area contributed by atoms with Gasteiger partial charge in [0.1, 0.15) is 22.3 Å². The predicted octanol–water partition coefficient (Wildman–Crippen LogP) is 16.7. The summed E-state index contributed by atoms with van der Waals surface area (Å²) >= 11 is 0. The maximum atomic E-state index is 6.99. The molecule has 10 aromatic carbocycles. The highest BCUT2D eigenvalue weighted by atomic mass is 16.3. The molecule has 1 aliphatic carbocycles. The summed E-state index contributed by atoms with van der Waals surface area (Å²) in [5, 5.41) is 4.21. The molecule has 2 aromatic heterocycles. The molecule has 0 fully saturated rings.